The van der Waals surface area contributed by atoms with Crippen molar-refractivity contribution < 1.29 is 4.48 Å². The Kier molecular flexibility index (Phi) is 2.12. The summed E-state index contributed by atoms with van der Waals surface area (Å²) >= 11 is 0. The SMILES string of the molecule is Cc1ccccc1C[C@@]12c3ccccc3C3(C)c4ccccc4[C@@]4(C)C1[N+]342. The summed E-state index contributed by atoms with van der Waals surface area (Å²) < 4.78 is 1.25. The van der Waals surface area contributed by atoms with E-state index in [1.165, 1.54) is 22.0 Å². The molecule has 1 spiro atoms. The van der Waals surface area contributed by atoms with Gasteiger partial charge in [-0.15, -0.1) is 0 Å². The van der Waals surface area contributed by atoms with Crippen LogP contribution in [0, 0.1) is 6.92 Å². The fourth-order valence-corrected chi connectivity index (χ4v) is 8.20. The molecule has 0 aliphatic carbocycles. The van der Waals surface area contributed by atoms with Crippen LogP contribution in [0.25, 0.3) is 0 Å². The number of nitrogens with zero attached hydrogens (tertiary/aromatic N) is 1. The first kappa shape index (κ1) is 14.6. The molecule has 7 rings (SSSR count). The average Bonchev–Trinajstić information content (AvgIpc) is 3.49. The first-order chi connectivity index (χ1) is 13.1. The molecule has 4 aliphatic rings. The maximum Gasteiger partial charge on any atom is 0.211 e. The number of hydrogen-bond acceptors (Lipinski definition) is 0. The first-order valence-electron chi connectivity index (χ1n) is 10.2. The molecule has 1 heteroatoms. The van der Waals surface area contributed by atoms with E-state index in [1.807, 2.05) is 0 Å². The van der Waals surface area contributed by atoms with Crippen molar-refractivity contribution in [3.05, 3.63) is 106 Å². The molecule has 3 aromatic carbocycles. The van der Waals surface area contributed by atoms with Gasteiger partial charge in [0.2, 0.25) is 6.04 Å². The third-order valence-corrected chi connectivity index (χ3v) is 8.94. The van der Waals surface area contributed by atoms with Gasteiger partial charge in [0.25, 0.3) is 0 Å². The standard InChI is InChI=1S/C26H24N/c1-17-10-4-5-11-18(17)16-26-22-15-9-8-14-21(22)24(2)19-12-6-7-13-20(19)25(3)23(26)27(24,25)26/h4-15,23H,16H2,1-3H3/q+1/t23?,24?,25-,26+,27?/m0/s1. The summed E-state index contributed by atoms with van der Waals surface area (Å²) in [5.74, 6) is 0. The van der Waals surface area contributed by atoms with Gasteiger partial charge < -0.3 is 0 Å². The molecule has 0 radical (unpaired) electrons. The van der Waals surface area contributed by atoms with Crippen LogP contribution in [0.3, 0.4) is 0 Å². The summed E-state index contributed by atoms with van der Waals surface area (Å²) in [6.07, 6.45) is 1.17. The van der Waals surface area contributed by atoms with E-state index in [1.54, 1.807) is 22.3 Å². The fraction of sp³-hybridized carbons (Fsp3) is 0.308. The number of quaternary nitrogens is 1. The summed E-state index contributed by atoms with van der Waals surface area (Å²) in [4.78, 5) is 0. The molecule has 132 valence electrons. The lowest BCUT2D eigenvalue weighted by atomic mass is 9.72. The van der Waals surface area contributed by atoms with Crippen LogP contribution in [0.4, 0.5) is 0 Å². The zero-order valence-corrected chi connectivity index (χ0v) is 16.2. The molecule has 2 saturated heterocycles. The van der Waals surface area contributed by atoms with Gasteiger partial charge in [-0.2, -0.15) is 0 Å². The summed E-state index contributed by atoms with van der Waals surface area (Å²) in [6.45, 7) is 7.33. The van der Waals surface area contributed by atoms with E-state index in [9.17, 15) is 0 Å². The zero-order valence-electron chi connectivity index (χ0n) is 16.2. The van der Waals surface area contributed by atoms with E-state index in [0.717, 1.165) is 6.04 Å². The molecular formula is C26H24N+. The molecule has 0 saturated carbocycles. The predicted molar refractivity (Wildman–Crippen MR) is 107 cm³/mol. The van der Waals surface area contributed by atoms with Gasteiger partial charge in [-0.25, -0.2) is 0 Å². The lowest BCUT2D eigenvalue weighted by Gasteiger charge is -2.31. The Labute approximate surface area is 160 Å². The van der Waals surface area contributed by atoms with Crippen molar-refractivity contribution in [1.29, 1.82) is 0 Å². The molecule has 4 aliphatic heterocycles. The van der Waals surface area contributed by atoms with Gasteiger partial charge in [0.05, 0.1) is 0 Å². The molecule has 3 aromatic rings. The summed E-state index contributed by atoms with van der Waals surface area (Å²) in [5.41, 5.74) is 9.99. The number of rotatable bonds is 2. The third kappa shape index (κ3) is 1.09. The number of fused-ring (bicyclic) bond motifs is 8. The van der Waals surface area contributed by atoms with Crippen LogP contribution in [0.15, 0.2) is 72.8 Å². The van der Waals surface area contributed by atoms with Crippen LogP contribution in [0.5, 0.6) is 0 Å². The minimum atomic E-state index is 0.106. The van der Waals surface area contributed by atoms with Crippen molar-refractivity contribution in [3.8, 4) is 0 Å². The third-order valence-electron chi connectivity index (χ3n) is 8.94. The Bertz CT molecular complexity index is 1180. The Morgan fingerprint density at radius 3 is 2.00 bits per heavy atom. The highest BCUT2D eigenvalue weighted by Gasteiger charge is 3.15. The van der Waals surface area contributed by atoms with E-state index in [0.29, 0.717) is 5.54 Å². The molecule has 5 atom stereocenters. The summed E-state index contributed by atoms with van der Waals surface area (Å²) in [5, 5.41) is 0. The number of aryl methyl sites for hydroxylation is 1. The van der Waals surface area contributed by atoms with Gasteiger partial charge in [0.15, 0.2) is 16.6 Å². The van der Waals surface area contributed by atoms with Crippen LogP contribution < -0.4 is 0 Å². The van der Waals surface area contributed by atoms with Crippen LogP contribution in [-0.4, -0.2) is 10.5 Å². The van der Waals surface area contributed by atoms with Crippen LogP contribution >= 0.6 is 0 Å². The molecule has 0 bridgehead atoms. The largest absolute Gasteiger partial charge is 0.270 e. The van der Waals surface area contributed by atoms with Crippen molar-refractivity contribution in [1.82, 2.24) is 0 Å². The number of benzene rings is 3. The summed E-state index contributed by atoms with van der Waals surface area (Å²) in [7, 11) is 0. The topological polar surface area (TPSA) is 0 Å². The fourth-order valence-electron chi connectivity index (χ4n) is 8.20. The van der Waals surface area contributed by atoms with Crippen LogP contribution in [0.1, 0.15) is 47.2 Å². The molecule has 1 nitrogen and oxygen atoms in total. The number of hydrogen-bond donors (Lipinski definition) is 0. The van der Waals surface area contributed by atoms with Crippen molar-refractivity contribution in [2.24, 2.45) is 0 Å². The smallest absolute Gasteiger partial charge is 0.211 e. The highest BCUT2D eigenvalue weighted by Crippen LogP contribution is 2.97. The molecular weight excluding hydrogens is 326 g/mol. The minimum Gasteiger partial charge on any atom is -0.270 e. The maximum absolute atomic E-state index is 2.53. The first-order valence-corrected chi connectivity index (χ1v) is 10.2. The quantitative estimate of drug-likeness (QED) is 0.443. The Morgan fingerprint density at radius 1 is 0.741 bits per heavy atom. The van der Waals surface area contributed by atoms with E-state index < -0.39 is 0 Å². The van der Waals surface area contributed by atoms with E-state index in [-0.39, 0.29) is 11.1 Å². The monoisotopic (exact) mass is 350 g/mol. The predicted octanol–water partition coefficient (Wildman–Crippen LogP) is 5.15. The Morgan fingerprint density at radius 2 is 1.30 bits per heavy atom. The molecule has 27 heavy (non-hydrogen) atoms. The molecule has 0 amide bonds. The van der Waals surface area contributed by atoms with E-state index in [2.05, 4.69) is 93.6 Å². The van der Waals surface area contributed by atoms with Crippen LogP contribution in [0.2, 0.25) is 0 Å². The molecule has 2 fully saturated rings. The highest BCUT2D eigenvalue weighted by molar-refractivity contribution is 5.67. The van der Waals surface area contributed by atoms with E-state index >= 15 is 0 Å². The van der Waals surface area contributed by atoms with Gasteiger partial charge in [-0.05, 0) is 25.0 Å². The molecule has 4 heterocycles. The molecule has 3 unspecified atom stereocenters. The van der Waals surface area contributed by atoms with Crippen LogP contribution in [-0.2, 0) is 23.0 Å². The zero-order chi connectivity index (χ0) is 18.2. The Hall–Kier alpha value is -2.38. The van der Waals surface area contributed by atoms with Crippen molar-refractivity contribution in [2.45, 2.75) is 49.9 Å². The van der Waals surface area contributed by atoms with Gasteiger partial charge in [-0.3, -0.25) is 4.48 Å². The Balaban J connectivity index is 1.53. The minimum absolute atomic E-state index is 0.106. The van der Waals surface area contributed by atoms with Crippen molar-refractivity contribution >= 4 is 0 Å². The second-order valence-electron chi connectivity index (χ2n) is 9.46. The maximum atomic E-state index is 2.53. The highest BCUT2D eigenvalue weighted by atomic mass is 15.8. The van der Waals surface area contributed by atoms with Gasteiger partial charge in [0.1, 0.15) is 0 Å². The van der Waals surface area contributed by atoms with Crippen molar-refractivity contribution in [3.63, 3.8) is 0 Å². The van der Waals surface area contributed by atoms with E-state index in [4.69, 9.17) is 0 Å². The normalized spacial score (nSPS) is 40.8. The van der Waals surface area contributed by atoms with Gasteiger partial charge >= 0.3 is 0 Å². The van der Waals surface area contributed by atoms with Crippen molar-refractivity contribution in [2.75, 3.05) is 0 Å². The molecule has 0 N–H and O–H groups in total. The van der Waals surface area contributed by atoms with Gasteiger partial charge in [-0.1, -0.05) is 72.8 Å². The lowest BCUT2D eigenvalue weighted by Crippen LogP contribution is -2.45. The second-order valence-corrected chi connectivity index (χ2v) is 9.46. The lowest BCUT2D eigenvalue weighted by molar-refractivity contribution is -0.832. The van der Waals surface area contributed by atoms with Gasteiger partial charge in [0, 0.05) is 35.6 Å². The average molecular weight is 350 g/mol. The molecule has 0 aromatic heterocycles. The summed E-state index contributed by atoms with van der Waals surface area (Å²) in [6, 6.07) is 28.3. The second kappa shape index (κ2) is 3.91.